The number of nitrogens with one attached hydrogen (secondary N) is 1. The lowest BCUT2D eigenvalue weighted by Crippen LogP contribution is -2.31. The minimum atomic E-state index is 0.607. The van der Waals surface area contributed by atoms with E-state index >= 15 is 0 Å². The third kappa shape index (κ3) is 2.84. The molecule has 0 heterocycles. The van der Waals surface area contributed by atoms with Crippen molar-refractivity contribution in [3.05, 3.63) is 34.9 Å². The molecule has 0 saturated heterocycles. The molecule has 1 aromatic rings. The second-order valence-corrected chi connectivity index (χ2v) is 4.20. The summed E-state index contributed by atoms with van der Waals surface area (Å²) in [5, 5.41) is 0. The van der Waals surface area contributed by atoms with Gasteiger partial charge in [0.15, 0.2) is 0 Å². The fraction of sp³-hybridized carbons (Fsp3) is 0.462. The molecule has 0 bridgehead atoms. The Morgan fingerprint density at radius 1 is 1.41 bits per heavy atom. The maximum Gasteiger partial charge on any atom is 0.142 e. The van der Waals surface area contributed by atoms with Gasteiger partial charge in [-0.05, 0) is 36.5 Å². The number of benzene rings is 1. The van der Waals surface area contributed by atoms with Crippen LogP contribution < -0.4 is 11.3 Å². The zero-order chi connectivity index (χ0) is 12.1. The molecule has 17 heavy (non-hydrogen) atoms. The summed E-state index contributed by atoms with van der Waals surface area (Å²) in [6, 6.07) is 6.45. The summed E-state index contributed by atoms with van der Waals surface area (Å²) < 4.78 is 4.97. The number of amidine groups is 1. The van der Waals surface area contributed by atoms with Crippen LogP contribution in [0.3, 0.4) is 0 Å². The highest BCUT2D eigenvalue weighted by Gasteiger charge is 2.12. The van der Waals surface area contributed by atoms with Crippen LogP contribution in [0.4, 0.5) is 0 Å². The molecular weight excluding hydrogens is 214 g/mol. The van der Waals surface area contributed by atoms with Crippen molar-refractivity contribution in [2.24, 2.45) is 10.8 Å². The van der Waals surface area contributed by atoms with E-state index in [1.807, 2.05) is 0 Å². The van der Waals surface area contributed by atoms with Crippen molar-refractivity contribution in [2.75, 3.05) is 20.3 Å². The molecular formula is C13H19N3O. The first-order valence-electron chi connectivity index (χ1n) is 5.97. The number of nitrogens with two attached hydrogens (primary N) is 1. The molecule has 2 rings (SSSR count). The van der Waals surface area contributed by atoms with Crippen LogP contribution in [0.5, 0.6) is 0 Å². The molecule has 1 aromatic carbocycles. The third-order valence-corrected chi connectivity index (χ3v) is 3.07. The maximum atomic E-state index is 5.51. The molecule has 0 saturated carbocycles. The number of aryl methyl sites for hydroxylation is 2. The number of nitrogens with zero attached hydrogens (tertiary/aromatic N) is 1. The van der Waals surface area contributed by atoms with Crippen molar-refractivity contribution in [3.63, 3.8) is 0 Å². The SMILES string of the molecule is COCCN=C(NN)c1ccc2c(c1)CCC2. The number of rotatable bonds is 4. The van der Waals surface area contributed by atoms with Gasteiger partial charge >= 0.3 is 0 Å². The second kappa shape index (κ2) is 5.80. The number of methoxy groups -OCH3 is 1. The first-order chi connectivity index (χ1) is 8.35. The monoisotopic (exact) mass is 233 g/mol. The molecule has 92 valence electrons. The van der Waals surface area contributed by atoms with E-state index in [1.54, 1.807) is 7.11 Å². The summed E-state index contributed by atoms with van der Waals surface area (Å²) in [5.41, 5.74) is 6.61. The quantitative estimate of drug-likeness (QED) is 0.268. The second-order valence-electron chi connectivity index (χ2n) is 4.20. The predicted octanol–water partition coefficient (Wildman–Crippen LogP) is 1.03. The van der Waals surface area contributed by atoms with E-state index < -0.39 is 0 Å². The van der Waals surface area contributed by atoms with Crippen LogP contribution in [0.2, 0.25) is 0 Å². The van der Waals surface area contributed by atoms with Crippen LogP contribution in [0.15, 0.2) is 23.2 Å². The van der Waals surface area contributed by atoms with Gasteiger partial charge in [-0.25, -0.2) is 5.84 Å². The van der Waals surface area contributed by atoms with Crippen molar-refractivity contribution >= 4 is 5.84 Å². The van der Waals surface area contributed by atoms with E-state index in [9.17, 15) is 0 Å². The Hall–Kier alpha value is -1.39. The smallest absolute Gasteiger partial charge is 0.142 e. The Labute approximate surface area is 102 Å². The summed E-state index contributed by atoms with van der Waals surface area (Å²) in [7, 11) is 1.67. The Bertz CT molecular complexity index is 415. The predicted molar refractivity (Wildman–Crippen MR) is 69.1 cm³/mol. The van der Waals surface area contributed by atoms with E-state index in [-0.39, 0.29) is 0 Å². The summed E-state index contributed by atoms with van der Waals surface area (Å²) in [6.45, 7) is 1.23. The summed E-state index contributed by atoms with van der Waals surface area (Å²) in [6.07, 6.45) is 3.62. The number of ether oxygens (including phenoxy) is 1. The molecule has 1 aliphatic rings. The number of hydrazine groups is 1. The molecule has 4 nitrogen and oxygen atoms in total. The first-order valence-corrected chi connectivity index (χ1v) is 5.97. The van der Waals surface area contributed by atoms with Crippen LogP contribution in [-0.2, 0) is 17.6 Å². The molecule has 0 aliphatic heterocycles. The molecule has 0 radical (unpaired) electrons. The average molecular weight is 233 g/mol. The lowest BCUT2D eigenvalue weighted by molar-refractivity contribution is 0.208. The van der Waals surface area contributed by atoms with E-state index in [4.69, 9.17) is 10.6 Å². The van der Waals surface area contributed by atoms with E-state index in [0.29, 0.717) is 13.2 Å². The Kier molecular flexibility index (Phi) is 4.12. The fourth-order valence-electron chi connectivity index (χ4n) is 2.19. The standard InChI is InChI=1S/C13H19N3O/c1-17-8-7-15-13(16-14)12-6-5-10-3-2-4-11(10)9-12/h5-6,9H,2-4,7-8,14H2,1H3,(H,15,16). The number of hydrogen-bond donors (Lipinski definition) is 2. The van der Waals surface area contributed by atoms with Crippen LogP contribution >= 0.6 is 0 Å². The minimum Gasteiger partial charge on any atom is -0.383 e. The summed E-state index contributed by atoms with van der Waals surface area (Å²) in [4.78, 5) is 4.38. The number of aliphatic imine (C=N–C) groups is 1. The van der Waals surface area contributed by atoms with Crippen LogP contribution in [-0.4, -0.2) is 26.1 Å². The molecule has 1 aliphatic carbocycles. The van der Waals surface area contributed by atoms with E-state index in [0.717, 1.165) is 11.4 Å². The summed E-state index contributed by atoms with van der Waals surface area (Å²) in [5.74, 6) is 6.24. The molecule has 4 heteroatoms. The van der Waals surface area contributed by atoms with Gasteiger partial charge in [0.05, 0.1) is 13.2 Å². The molecule has 0 fully saturated rings. The number of hydrogen-bond acceptors (Lipinski definition) is 3. The van der Waals surface area contributed by atoms with Crippen molar-refractivity contribution < 1.29 is 4.74 Å². The third-order valence-electron chi connectivity index (χ3n) is 3.07. The Morgan fingerprint density at radius 3 is 3.00 bits per heavy atom. The molecule has 0 unspecified atom stereocenters. The van der Waals surface area contributed by atoms with Gasteiger partial charge in [-0.15, -0.1) is 0 Å². The fourth-order valence-corrected chi connectivity index (χ4v) is 2.19. The molecule has 0 atom stereocenters. The molecule has 3 N–H and O–H groups in total. The minimum absolute atomic E-state index is 0.607. The molecule has 0 amide bonds. The normalized spacial score (nSPS) is 14.8. The van der Waals surface area contributed by atoms with Gasteiger partial charge in [0.1, 0.15) is 5.84 Å². The van der Waals surface area contributed by atoms with Crippen molar-refractivity contribution in [3.8, 4) is 0 Å². The van der Waals surface area contributed by atoms with Crippen LogP contribution in [0.25, 0.3) is 0 Å². The van der Waals surface area contributed by atoms with E-state index in [1.165, 1.54) is 30.4 Å². The van der Waals surface area contributed by atoms with Crippen molar-refractivity contribution in [1.82, 2.24) is 5.43 Å². The van der Waals surface area contributed by atoms with Gasteiger partial charge in [0.2, 0.25) is 0 Å². The van der Waals surface area contributed by atoms with Gasteiger partial charge in [0, 0.05) is 12.7 Å². The zero-order valence-corrected chi connectivity index (χ0v) is 10.2. The van der Waals surface area contributed by atoms with Crippen molar-refractivity contribution in [2.45, 2.75) is 19.3 Å². The van der Waals surface area contributed by atoms with Gasteiger partial charge < -0.3 is 10.2 Å². The van der Waals surface area contributed by atoms with Crippen LogP contribution in [0.1, 0.15) is 23.1 Å². The highest BCUT2D eigenvalue weighted by Crippen LogP contribution is 2.22. The lowest BCUT2D eigenvalue weighted by atomic mass is 10.1. The highest BCUT2D eigenvalue weighted by molar-refractivity contribution is 5.98. The molecule has 0 aromatic heterocycles. The van der Waals surface area contributed by atoms with Gasteiger partial charge in [-0.3, -0.25) is 4.99 Å². The number of fused-ring (bicyclic) bond motifs is 1. The molecule has 0 spiro atoms. The van der Waals surface area contributed by atoms with Gasteiger partial charge in [-0.1, -0.05) is 12.1 Å². The van der Waals surface area contributed by atoms with Gasteiger partial charge in [0.25, 0.3) is 0 Å². The highest BCUT2D eigenvalue weighted by atomic mass is 16.5. The van der Waals surface area contributed by atoms with Crippen molar-refractivity contribution in [1.29, 1.82) is 0 Å². The average Bonchev–Trinajstić information content (AvgIpc) is 2.82. The van der Waals surface area contributed by atoms with E-state index in [2.05, 4.69) is 28.6 Å². The zero-order valence-electron chi connectivity index (χ0n) is 10.2. The largest absolute Gasteiger partial charge is 0.383 e. The maximum absolute atomic E-state index is 5.51. The Balaban J connectivity index is 2.16. The lowest BCUT2D eigenvalue weighted by Gasteiger charge is -2.08. The van der Waals surface area contributed by atoms with Crippen LogP contribution in [0, 0.1) is 0 Å². The summed E-state index contributed by atoms with van der Waals surface area (Å²) >= 11 is 0. The topological polar surface area (TPSA) is 59.6 Å². The Morgan fingerprint density at radius 2 is 2.24 bits per heavy atom. The first kappa shape index (κ1) is 12.1. The van der Waals surface area contributed by atoms with Gasteiger partial charge in [-0.2, -0.15) is 0 Å².